The number of nitrogens with zero attached hydrogens (tertiary/aromatic N) is 4. The molecule has 0 radical (unpaired) electrons. The van der Waals surface area contributed by atoms with E-state index in [0.29, 0.717) is 35.3 Å². The van der Waals surface area contributed by atoms with Crippen LogP contribution in [0.3, 0.4) is 0 Å². The summed E-state index contributed by atoms with van der Waals surface area (Å²) in [6.07, 6.45) is 1.28. The van der Waals surface area contributed by atoms with Gasteiger partial charge in [0.05, 0.1) is 17.2 Å². The number of nitriles is 2. The Morgan fingerprint density at radius 1 is 1.31 bits per heavy atom. The summed E-state index contributed by atoms with van der Waals surface area (Å²) >= 11 is 0. The quantitative estimate of drug-likeness (QED) is 0.869. The Labute approximate surface area is 153 Å². The van der Waals surface area contributed by atoms with E-state index in [1.54, 1.807) is 19.2 Å². The molecule has 26 heavy (non-hydrogen) atoms. The van der Waals surface area contributed by atoms with E-state index in [2.05, 4.69) is 11.0 Å². The molecule has 1 heterocycles. The van der Waals surface area contributed by atoms with E-state index >= 15 is 0 Å². The van der Waals surface area contributed by atoms with E-state index < -0.39 is 6.09 Å². The van der Waals surface area contributed by atoms with Crippen LogP contribution < -0.4 is 4.74 Å². The number of amides is 1. The molecule has 1 aromatic carbocycles. The van der Waals surface area contributed by atoms with Gasteiger partial charge in [0.15, 0.2) is 0 Å². The molecule has 3 rings (SSSR count). The van der Waals surface area contributed by atoms with Crippen LogP contribution >= 0.6 is 0 Å². The fourth-order valence-electron chi connectivity index (χ4n) is 4.33. The van der Waals surface area contributed by atoms with Gasteiger partial charge in [-0.2, -0.15) is 10.5 Å². The Kier molecular flexibility index (Phi) is 5.29. The first-order chi connectivity index (χ1) is 12.5. The van der Waals surface area contributed by atoms with Crippen LogP contribution in [0, 0.1) is 34.5 Å². The minimum Gasteiger partial charge on any atom is -0.491 e. The third-order valence-electron chi connectivity index (χ3n) is 5.50. The molecule has 2 aliphatic rings. The first-order valence-electron chi connectivity index (χ1n) is 8.78. The summed E-state index contributed by atoms with van der Waals surface area (Å²) in [5, 5.41) is 27.3. The molecule has 136 valence electrons. The Hall–Kier alpha value is -2.77. The Bertz CT molecular complexity index is 753. The lowest BCUT2D eigenvalue weighted by Crippen LogP contribution is -2.53. The topological polar surface area (TPSA) is 101 Å². The molecular formula is C19H22N4O3. The largest absolute Gasteiger partial charge is 0.491 e. The minimum atomic E-state index is -0.853. The summed E-state index contributed by atoms with van der Waals surface area (Å²) in [7, 11) is 1.67. The van der Waals surface area contributed by atoms with E-state index in [9.17, 15) is 15.2 Å². The Morgan fingerprint density at radius 3 is 2.58 bits per heavy atom. The lowest BCUT2D eigenvalue weighted by molar-refractivity contribution is 0.0537. The van der Waals surface area contributed by atoms with Crippen LogP contribution in [-0.4, -0.2) is 60.3 Å². The normalized spacial score (nSPS) is 24.5. The molecule has 7 nitrogen and oxygen atoms in total. The van der Waals surface area contributed by atoms with Crippen molar-refractivity contribution in [2.24, 2.45) is 11.8 Å². The summed E-state index contributed by atoms with van der Waals surface area (Å²) in [5.41, 5.74) is 0.806. The molecule has 1 aliphatic carbocycles. The molecule has 2 unspecified atom stereocenters. The molecule has 1 saturated heterocycles. The molecule has 2 fully saturated rings. The van der Waals surface area contributed by atoms with Gasteiger partial charge in [-0.1, -0.05) is 0 Å². The van der Waals surface area contributed by atoms with Gasteiger partial charge in [0.25, 0.3) is 0 Å². The maximum absolute atomic E-state index is 11.3. The van der Waals surface area contributed by atoms with Crippen LogP contribution in [0.4, 0.5) is 4.79 Å². The first kappa shape index (κ1) is 18.0. The van der Waals surface area contributed by atoms with E-state index in [0.717, 1.165) is 32.5 Å². The van der Waals surface area contributed by atoms with Crippen LogP contribution in [0.2, 0.25) is 0 Å². The molecule has 1 aliphatic heterocycles. The van der Waals surface area contributed by atoms with Gasteiger partial charge in [0, 0.05) is 32.7 Å². The number of likely N-dealkylation sites (tertiary alicyclic amines) is 1. The van der Waals surface area contributed by atoms with Crippen molar-refractivity contribution in [1.82, 2.24) is 9.80 Å². The third kappa shape index (κ3) is 3.58. The molecular weight excluding hydrogens is 332 g/mol. The fourth-order valence-corrected chi connectivity index (χ4v) is 4.33. The van der Waals surface area contributed by atoms with Crippen molar-refractivity contribution < 1.29 is 14.6 Å². The van der Waals surface area contributed by atoms with Crippen molar-refractivity contribution in [2.75, 3.05) is 33.3 Å². The Morgan fingerprint density at radius 2 is 2.00 bits per heavy atom. The van der Waals surface area contributed by atoms with E-state index in [1.807, 2.05) is 6.07 Å². The van der Waals surface area contributed by atoms with Gasteiger partial charge in [-0.3, -0.25) is 4.90 Å². The number of piperidine rings is 1. The number of carboxylic acid groups (broad SMARTS) is 1. The zero-order chi connectivity index (χ0) is 18.7. The van der Waals surface area contributed by atoms with Crippen LogP contribution in [0.25, 0.3) is 0 Å². The number of fused-ring (bicyclic) bond motifs is 2. The average molecular weight is 354 g/mol. The highest BCUT2D eigenvalue weighted by atomic mass is 16.5. The smallest absolute Gasteiger partial charge is 0.407 e. The van der Waals surface area contributed by atoms with Gasteiger partial charge in [-0.25, -0.2) is 4.79 Å². The SMILES string of the molecule is CN(C(=O)O)C1C2CCC1CN(CCOc1ccc(C#N)cc1C#N)C2. The Balaban J connectivity index is 1.54. The highest BCUT2D eigenvalue weighted by Gasteiger charge is 2.45. The summed E-state index contributed by atoms with van der Waals surface area (Å²) < 4.78 is 5.76. The second kappa shape index (κ2) is 7.63. The zero-order valence-electron chi connectivity index (χ0n) is 14.8. The fraction of sp³-hybridized carbons (Fsp3) is 0.526. The maximum Gasteiger partial charge on any atom is 0.407 e. The summed E-state index contributed by atoms with van der Waals surface area (Å²) in [5.74, 6) is 1.24. The molecule has 2 bridgehead atoms. The van der Waals surface area contributed by atoms with Crippen molar-refractivity contribution in [3.8, 4) is 17.9 Å². The lowest BCUT2D eigenvalue weighted by atomic mass is 9.91. The summed E-state index contributed by atoms with van der Waals surface area (Å²) in [6.45, 7) is 2.95. The predicted molar refractivity (Wildman–Crippen MR) is 93.6 cm³/mol. The molecule has 0 spiro atoms. The third-order valence-corrected chi connectivity index (χ3v) is 5.50. The number of rotatable bonds is 5. The van der Waals surface area contributed by atoms with Crippen LogP contribution in [-0.2, 0) is 0 Å². The number of benzene rings is 1. The monoisotopic (exact) mass is 354 g/mol. The zero-order valence-corrected chi connectivity index (χ0v) is 14.8. The van der Waals surface area contributed by atoms with Crippen LogP contribution in [0.15, 0.2) is 18.2 Å². The van der Waals surface area contributed by atoms with Crippen molar-refractivity contribution in [2.45, 2.75) is 18.9 Å². The summed E-state index contributed by atoms with van der Waals surface area (Å²) in [4.78, 5) is 15.1. The predicted octanol–water partition coefficient (Wildman–Crippen LogP) is 2.13. The van der Waals surface area contributed by atoms with Crippen molar-refractivity contribution in [1.29, 1.82) is 10.5 Å². The highest BCUT2D eigenvalue weighted by Crippen LogP contribution is 2.39. The highest BCUT2D eigenvalue weighted by molar-refractivity contribution is 5.65. The van der Waals surface area contributed by atoms with Gasteiger partial charge in [-0.15, -0.1) is 0 Å². The first-order valence-corrected chi connectivity index (χ1v) is 8.78. The number of ether oxygens (including phenoxy) is 1. The van der Waals surface area contributed by atoms with Gasteiger partial charge in [0.1, 0.15) is 18.4 Å². The van der Waals surface area contributed by atoms with Crippen molar-refractivity contribution >= 4 is 6.09 Å². The molecule has 1 amide bonds. The summed E-state index contributed by atoms with van der Waals surface area (Å²) in [6, 6.07) is 9.03. The molecule has 1 saturated carbocycles. The van der Waals surface area contributed by atoms with Gasteiger partial charge in [0.2, 0.25) is 0 Å². The molecule has 2 atom stereocenters. The van der Waals surface area contributed by atoms with Gasteiger partial charge < -0.3 is 14.7 Å². The van der Waals surface area contributed by atoms with Crippen molar-refractivity contribution in [3.05, 3.63) is 29.3 Å². The van der Waals surface area contributed by atoms with Gasteiger partial charge in [-0.05, 0) is 42.9 Å². The molecule has 7 heteroatoms. The van der Waals surface area contributed by atoms with Crippen LogP contribution in [0.5, 0.6) is 5.75 Å². The lowest BCUT2D eigenvalue weighted by Gasteiger charge is -2.41. The number of hydrogen-bond donors (Lipinski definition) is 1. The second-order valence-corrected chi connectivity index (χ2v) is 7.02. The average Bonchev–Trinajstić information content (AvgIpc) is 2.91. The standard InChI is InChI=1S/C19H22N4O3/c1-22(19(24)25)18-14-3-4-15(18)12-23(11-14)6-7-26-17-5-2-13(9-20)8-16(17)10-21/h2,5,8,14-15,18H,3-4,6-7,11-12H2,1H3,(H,24,25). The van der Waals surface area contributed by atoms with Crippen molar-refractivity contribution in [3.63, 3.8) is 0 Å². The van der Waals surface area contributed by atoms with E-state index in [4.69, 9.17) is 10.00 Å². The maximum atomic E-state index is 11.3. The minimum absolute atomic E-state index is 0.119. The molecule has 0 aromatic heterocycles. The van der Waals surface area contributed by atoms with E-state index in [1.165, 1.54) is 11.0 Å². The molecule has 1 aromatic rings. The second-order valence-electron chi connectivity index (χ2n) is 7.02. The number of carbonyl (C=O) groups is 1. The molecule has 1 N–H and O–H groups in total. The number of hydrogen-bond acceptors (Lipinski definition) is 5. The van der Waals surface area contributed by atoms with E-state index in [-0.39, 0.29) is 6.04 Å². The van der Waals surface area contributed by atoms with Crippen LogP contribution in [0.1, 0.15) is 24.0 Å². The van der Waals surface area contributed by atoms with Gasteiger partial charge >= 0.3 is 6.09 Å².